The van der Waals surface area contributed by atoms with Crippen LogP contribution in [0.1, 0.15) is 38.1 Å². The maximum Gasteiger partial charge on any atom is 0.271 e. The summed E-state index contributed by atoms with van der Waals surface area (Å²) in [6.45, 7) is 6.58. The number of fused-ring (bicyclic) bond motifs is 1. The van der Waals surface area contributed by atoms with Gasteiger partial charge in [0.1, 0.15) is 17.5 Å². The first-order chi connectivity index (χ1) is 20.7. The first kappa shape index (κ1) is 29.5. The van der Waals surface area contributed by atoms with Gasteiger partial charge in [-0.3, -0.25) is 24.3 Å². The van der Waals surface area contributed by atoms with Gasteiger partial charge in [0.05, 0.1) is 40.6 Å². The molecule has 0 saturated carbocycles. The van der Waals surface area contributed by atoms with E-state index in [1.165, 1.54) is 28.0 Å². The number of nitrogens with zero attached hydrogens (tertiary/aromatic N) is 5. The van der Waals surface area contributed by atoms with Gasteiger partial charge < -0.3 is 18.9 Å². The van der Waals surface area contributed by atoms with Crippen molar-refractivity contribution in [3.05, 3.63) is 113 Å². The van der Waals surface area contributed by atoms with Crippen molar-refractivity contribution in [2.75, 3.05) is 27.3 Å². The van der Waals surface area contributed by atoms with Crippen LogP contribution in [0.3, 0.4) is 0 Å². The molecule has 3 heterocycles. The van der Waals surface area contributed by atoms with Crippen LogP contribution in [-0.4, -0.2) is 52.2 Å². The highest BCUT2D eigenvalue weighted by atomic mass is 32.1. The number of allylic oxidation sites excluding steroid dienone is 1. The number of ether oxygens (including phenoxy) is 2. The molecule has 0 bridgehead atoms. The van der Waals surface area contributed by atoms with Gasteiger partial charge in [-0.15, -0.1) is 0 Å². The minimum Gasteiger partial charge on any atom is -0.497 e. The van der Waals surface area contributed by atoms with Gasteiger partial charge in [-0.25, -0.2) is 4.99 Å². The van der Waals surface area contributed by atoms with Crippen molar-refractivity contribution >= 4 is 29.0 Å². The van der Waals surface area contributed by atoms with E-state index in [9.17, 15) is 19.7 Å². The standard InChI is InChI=1S/C31H31N5O6S/c1-6-33(7-2)30(38)27-19(3)32-31-35(28(27)24-18-23(41-4)13-14-25(24)42-5)29(37)26(43-31)17-21-12-9-15-34(21)20-10-8-11-22(16-20)36(39)40/h8-18,28H,6-7H2,1-5H3/b26-17+/t28-/m0/s1. The third-order valence-electron chi connectivity index (χ3n) is 7.41. The normalized spacial score (nSPS) is 14.7. The highest BCUT2D eigenvalue weighted by Crippen LogP contribution is 2.38. The number of thiazole rings is 1. The van der Waals surface area contributed by atoms with Crippen LogP contribution in [0.25, 0.3) is 11.8 Å². The molecule has 1 aliphatic heterocycles. The lowest BCUT2D eigenvalue weighted by atomic mass is 9.93. The molecular formula is C31H31N5O6S. The molecule has 2 aromatic heterocycles. The van der Waals surface area contributed by atoms with Crippen LogP contribution >= 0.6 is 11.3 Å². The van der Waals surface area contributed by atoms with E-state index in [1.54, 1.807) is 79.3 Å². The monoisotopic (exact) mass is 601 g/mol. The molecule has 0 saturated heterocycles. The molecule has 11 nitrogen and oxygen atoms in total. The van der Waals surface area contributed by atoms with Gasteiger partial charge in [-0.05, 0) is 63.2 Å². The Kier molecular flexibility index (Phi) is 8.31. The Morgan fingerprint density at radius 2 is 1.88 bits per heavy atom. The van der Waals surface area contributed by atoms with Crippen molar-refractivity contribution in [2.45, 2.75) is 26.8 Å². The average molecular weight is 602 g/mol. The van der Waals surface area contributed by atoms with Crippen LogP contribution in [0.2, 0.25) is 0 Å². The van der Waals surface area contributed by atoms with E-state index in [4.69, 9.17) is 14.5 Å². The summed E-state index contributed by atoms with van der Waals surface area (Å²) in [6, 6.07) is 14.4. The number of carbonyl (C=O) groups is 1. The van der Waals surface area contributed by atoms with Crippen molar-refractivity contribution in [3.8, 4) is 17.2 Å². The Labute approximate surface area is 251 Å². The summed E-state index contributed by atoms with van der Waals surface area (Å²) < 4.78 is 14.9. The molecule has 1 amide bonds. The van der Waals surface area contributed by atoms with Crippen LogP contribution in [0.15, 0.2) is 81.9 Å². The van der Waals surface area contributed by atoms with E-state index in [0.29, 0.717) is 62.1 Å². The largest absolute Gasteiger partial charge is 0.497 e. The molecule has 5 rings (SSSR count). The van der Waals surface area contributed by atoms with Gasteiger partial charge in [0, 0.05) is 42.7 Å². The fourth-order valence-electron chi connectivity index (χ4n) is 5.26. The van der Waals surface area contributed by atoms with Crippen molar-refractivity contribution in [1.29, 1.82) is 0 Å². The Morgan fingerprint density at radius 1 is 1.12 bits per heavy atom. The third-order valence-corrected chi connectivity index (χ3v) is 8.40. The zero-order valence-electron chi connectivity index (χ0n) is 24.4. The molecule has 0 N–H and O–H groups in total. The summed E-state index contributed by atoms with van der Waals surface area (Å²) in [4.78, 5) is 45.9. The van der Waals surface area contributed by atoms with E-state index in [2.05, 4.69) is 0 Å². The van der Waals surface area contributed by atoms with E-state index >= 15 is 0 Å². The smallest absolute Gasteiger partial charge is 0.271 e. The molecule has 0 spiro atoms. The number of hydrogen-bond donors (Lipinski definition) is 0. The average Bonchev–Trinajstić information content (AvgIpc) is 3.60. The molecule has 4 aromatic rings. The van der Waals surface area contributed by atoms with Crippen molar-refractivity contribution in [2.24, 2.45) is 4.99 Å². The molecule has 222 valence electrons. The number of non-ortho nitro benzene ring substituents is 1. The summed E-state index contributed by atoms with van der Waals surface area (Å²) >= 11 is 1.21. The summed E-state index contributed by atoms with van der Waals surface area (Å²) in [7, 11) is 3.09. The fourth-order valence-corrected chi connectivity index (χ4v) is 6.29. The Hall–Kier alpha value is -4.97. The highest BCUT2D eigenvalue weighted by Gasteiger charge is 2.36. The molecule has 2 aromatic carbocycles. The number of methoxy groups -OCH3 is 2. The number of hydrogen-bond acceptors (Lipinski definition) is 8. The second kappa shape index (κ2) is 12.1. The first-order valence-electron chi connectivity index (χ1n) is 13.7. The zero-order chi connectivity index (χ0) is 30.8. The SMILES string of the molecule is CCN(CC)C(=O)C1=C(C)N=c2s/c(=C/c3cccn3-c3cccc([N+](=O)[O-])c3)c(=O)n2[C@H]1c1cc(OC)ccc1OC. The number of benzene rings is 2. The lowest BCUT2D eigenvalue weighted by Gasteiger charge is -2.30. The number of carbonyl (C=O) groups excluding carboxylic acids is 1. The lowest BCUT2D eigenvalue weighted by molar-refractivity contribution is -0.384. The first-order valence-corrected chi connectivity index (χ1v) is 14.5. The van der Waals surface area contributed by atoms with Crippen molar-refractivity contribution in [1.82, 2.24) is 14.0 Å². The van der Waals surface area contributed by atoms with Crippen molar-refractivity contribution in [3.63, 3.8) is 0 Å². The molecule has 1 aliphatic rings. The third kappa shape index (κ3) is 5.37. The zero-order valence-corrected chi connectivity index (χ0v) is 25.3. The number of amides is 1. The minimum absolute atomic E-state index is 0.0374. The fraction of sp³-hybridized carbons (Fsp3) is 0.258. The molecule has 0 aliphatic carbocycles. The molecule has 12 heteroatoms. The highest BCUT2D eigenvalue weighted by molar-refractivity contribution is 7.07. The summed E-state index contributed by atoms with van der Waals surface area (Å²) in [5.74, 6) is 0.839. The number of likely N-dealkylation sites (N-methyl/N-ethyl adjacent to an activating group) is 1. The molecule has 1 atom stereocenters. The van der Waals surface area contributed by atoms with Gasteiger partial charge in [0.25, 0.3) is 17.2 Å². The molecule has 0 unspecified atom stereocenters. The Balaban J connectivity index is 1.74. The van der Waals surface area contributed by atoms with Gasteiger partial charge in [-0.1, -0.05) is 17.4 Å². The number of aromatic nitrogens is 2. The Bertz CT molecular complexity index is 1930. The minimum atomic E-state index is -0.819. The van der Waals surface area contributed by atoms with Gasteiger partial charge >= 0.3 is 0 Å². The second-order valence-corrected chi connectivity index (χ2v) is 10.8. The Morgan fingerprint density at radius 3 is 2.56 bits per heavy atom. The second-order valence-electron chi connectivity index (χ2n) is 9.75. The van der Waals surface area contributed by atoms with Crippen LogP contribution in [0.5, 0.6) is 11.5 Å². The summed E-state index contributed by atoms with van der Waals surface area (Å²) in [5.41, 5.74) is 2.36. The maximum absolute atomic E-state index is 14.2. The number of nitro groups is 1. The van der Waals surface area contributed by atoms with Crippen LogP contribution in [0, 0.1) is 10.1 Å². The predicted molar refractivity (Wildman–Crippen MR) is 164 cm³/mol. The van der Waals surface area contributed by atoms with E-state index in [1.807, 2.05) is 19.9 Å². The molecule has 0 fully saturated rings. The topological polar surface area (TPSA) is 121 Å². The van der Waals surface area contributed by atoms with Gasteiger partial charge in [0.2, 0.25) is 0 Å². The molecular weight excluding hydrogens is 570 g/mol. The molecule has 0 radical (unpaired) electrons. The maximum atomic E-state index is 14.2. The lowest BCUT2D eigenvalue weighted by Crippen LogP contribution is -2.43. The van der Waals surface area contributed by atoms with Gasteiger partial charge in [-0.2, -0.15) is 0 Å². The summed E-state index contributed by atoms with van der Waals surface area (Å²) in [6.07, 6.45) is 3.50. The van der Waals surface area contributed by atoms with E-state index in [0.717, 1.165) is 0 Å². The van der Waals surface area contributed by atoms with Crippen LogP contribution in [0.4, 0.5) is 5.69 Å². The van der Waals surface area contributed by atoms with Gasteiger partial charge in [0.15, 0.2) is 4.80 Å². The van der Waals surface area contributed by atoms with E-state index < -0.39 is 11.0 Å². The van der Waals surface area contributed by atoms with Crippen molar-refractivity contribution < 1.29 is 19.2 Å². The van der Waals surface area contributed by atoms with Crippen LogP contribution < -0.4 is 24.4 Å². The summed E-state index contributed by atoms with van der Waals surface area (Å²) in [5, 5.41) is 11.4. The number of nitro benzene ring substituents is 1. The number of rotatable bonds is 9. The van der Waals surface area contributed by atoms with E-state index in [-0.39, 0.29) is 17.2 Å². The quantitative estimate of drug-likeness (QED) is 0.213. The molecule has 43 heavy (non-hydrogen) atoms. The predicted octanol–water partition coefficient (Wildman–Crippen LogP) is 3.82. The van der Waals surface area contributed by atoms with Crippen LogP contribution in [-0.2, 0) is 4.79 Å².